The van der Waals surface area contributed by atoms with Crippen molar-refractivity contribution in [1.82, 2.24) is 25.7 Å². The lowest BCUT2D eigenvalue weighted by molar-refractivity contribution is 0.0199. The van der Waals surface area contributed by atoms with Crippen LogP contribution in [0.5, 0.6) is 0 Å². The van der Waals surface area contributed by atoms with Gasteiger partial charge >= 0.3 is 6.09 Å². The van der Waals surface area contributed by atoms with E-state index in [0.717, 1.165) is 10.9 Å². The van der Waals surface area contributed by atoms with Crippen LogP contribution in [0.4, 0.5) is 4.79 Å². The van der Waals surface area contributed by atoms with Gasteiger partial charge in [0.1, 0.15) is 11.8 Å². The number of nitrogens with zero attached hydrogens (tertiary/aromatic N) is 2. The summed E-state index contributed by atoms with van der Waals surface area (Å²) in [7, 11) is 0. The number of rotatable bonds is 4. The summed E-state index contributed by atoms with van der Waals surface area (Å²) < 4.78 is 5.53. The van der Waals surface area contributed by atoms with Crippen LogP contribution in [0.1, 0.15) is 47.9 Å². The number of likely N-dealkylation sites (tertiary alicyclic amines) is 1. The van der Waals surface area contributed by atoms with Crippen molar-refractivity contribution in [3.8, 4) is 0 Å². The Bertz CT molecular complexity index is 1170. The van der Waals surface area contributed by atoms with Gasteiger partial charge in [-0.2, -0.15) is 5.10 Å². The number of carbonyl (C=O) groups is 3. The average molecular weight is 450 g/mol. The molecule has 0 radical (unpaired) electrons. The van der Waals surface area contributed by atoms with Crippen molar-refractivity contribution in [2.45, 2.75) is 45.0 Å². The highest BCUT2D eigenvalue weighted by molar-refractivity contribution is 5.98. The minimum Gasteiger partial charge on any atom is -0.444 e. The third-order valence-corrected chi connectivity index (χ3v) is 5.30. The third kappa shape index (κ3) is 5.31. The fourth-order valence-electron chi connectivity index (χ4n) is 3.77. The quantitative estimate of drug-likeness (QED) is 0.566. The lowest BCUT2D eigenvalue weighted by Crippen LogP contribution is -2.48. The van der Waals surface area contributed by atoms with Crippen molar-refractivity contribution in [3.63, 3.8) is 0 Å². The molecular weight excluding hydrogens is 422 g/mol. The van der Waals surface area contributed by atoms with Crippen molar-refractivity contribution in [3.05, 3.63) is 65.9 Å². The summed E-state index contributed by atoms with van der Waals surface area (Å²) in [4.78, 5) is 39.9. The zero-order valence-electron chi connectivity index (χ0n) is 18.8. The van der Waals surface area contributed by atoms with Gasteiger partial charge in [0.15, 0.2) is 0 Å². The average Bonchev–Trinajstić information content (AvgIpc) is 3.39. The summed E-state index contributed by atoms with van der Waals surface area (Å²) >= 11 is 0. The van der Waals surface area contributed by atoms with E-state index in [9.17, 15) is 14.4 Å². The zero-order chi connectivity index (χ0) is 23.6. The summed E-state index contributed by atoms with van der Waals surface area (Å²) in [6, 6.07) is 13.7. The van der Waals surface area contributed by atoms with Crippen LogP contribution >= 0.6 is 0 Å². The number of H-pyrrole nitrogens is 1. The number of hydrogen-bond donors (Lipinski definition) is 3. The van der Waals surface area contributed by atoms with Crippen molar-refractivity contribution < 1.29 is 19.1 Å². The molecule has 2 heterocycles. The molecule has 172 valence electrons. The number of amides is 3. The molecule has 9 nitrogen and oxygen atoms in total. The Morgan fingerprint density at radius 1 is 1.03 bits per heavy atom. The number of benzene rings is 2. The Hall–Kier alpha value is -3.88. The minimum atomic E-state index is -0.689. The molecule has 0 spiro atoms. The molecule has 2 unspecified atom stereocenters. The summed E-state index contributed by atoms with van der Waals surface area (Å²) in [5.74, 6) is -0.568. The van der Waals surface area contributed by atoms with Gasteiger partial charge in [-0.05, 0) is 45.0 Å². The van der Waals surface area contributed by atoms with Gasteiger partial charge in [0.25, 0.3) is 11.8 Å². The van der Waals surface area contributed by atoms with Crippen LogP contribution in [0, 0.1) is 0 Å². The molecule has 1 aliphatic rings. The number of fused-ring (bicyclic) bond motifs is 1. The van der Waals surface area contributed by atoms with Gasteiger partial charge in [-0.3, -0.25) is 19.6 Å². The first-order chi connectivity index (χ1) is 15.7. The number of hydrogen-bond acceptors (Lipinski definition) is 5. The molecule has 33 heavy (non-hydrogen) atoms. The summed E-state index contributed by atoms with van der Waals surface area (Å²) in [6.45, 7) is 5.56. The van der Waals surface area contributed by atoms with Crippen LogP contribution in [0.15, 0.2) is 54.7 Å². The van der Waals surface area contributed by atoms with E-state index in [1.165, 1.54) is 4.90 Å². The summed E-state index contributed by atoms with van der Waals surface area (Å²) in [6.07, 6.45) is 0.882. The lowest BCUT2D eigenvalue weighted by Gasteiger charge is -2.28. The highest BCUT2D eigenvalue weighted by Gasteiger charge is 2.39. The van der Waals surface area contributed by atoms with E-state index < -0.39 is 17.9 Å². The van der Waals surface area contributed by atoms with Crippen molar-refractivity contribution in [2.24, 2.45) is 0 Å². The van der Waals surface area contributed by atoms with Gasteiger partial charge in [0.05, 0.1) is 17.8 Å². The van der Waals surface area contributed by atoms with Gasteiger partial charge in [-0.25, -0.2) is 4.79 Å². The molecule has 4 rings (SSSR count). The molecule has 2 atom stereocenters. The van der Waals surface area contributed by atoms with Crippen LogP contribution in [-0.4, -0.2) is 57.4 Å². The van der Waals surface area contributed by atoms with Gasteiger partial charge < -0.3 is 15.4 Å². The van der Waals surface area contributed by atoms with Gasteiger partial charge in [-0.1, -0.05) is 24.3 Å². The molecule has 1 aliphatic heterocycles. The number of nitrogens with one attached hydrogen (secondary N) is 3. The second-order valence-corrected chi connectivity index (χ2v) is 9.07. The standard InChI is InChI=1S/C24H27N5O4/c1-24(2,3)33-23(32)29-14-18(12-20(29)27-21(30)15-7-5-4-6-8-15)26-22(31)16-9-10-17-13-25-28-19(17)11-16/h4-11,13,18,20H,12,14H2,1-3H3,(H,25,28)(H,26,31)(H,27,30). The second kappa shape index (κ2) is 8.93. The summed E-state index contributed by atoms with van der Waals surface area (Å²) in [5.41, 5.74) is 1.04. The Balaban J connectivity index is 1.48. The zero-order valence-corrected chi connectivity index (χ0v) is 18.8. The van der Waals surface area contributed by atoms with Crippen LogP contribution in [-0.2, 0) is 4.74 Å². The van der Waals surface area contributed by atoms with Crippen molar-refractivity contribution in [1.29, 1.82) is 0 Å². The molecule has 0 bridgehead atoms. The highest BCUT2D eigenvalue weighted by Crippen LogP contribution is 2.21. The fourth-order valence-corrected chi connectivity index (χ4v) is 3.77. The molecule has 1 saturated heterocycles. The first kappa shape index (κ1) is 22.3. The Morgan fingerprint density at radius 3 is 2.48 bits per heavy atom. The van der Waals surface area contributed by atoms with Gasteiger partial charge in [0.2, 0.25) is 0 Å². The smallest absolute Gasteiger partial charge is 0.412 e. The number of ether oxygens (including phenoxy) is 1. The first-order valence-corrected chi connectivity index (χ1v) is 10.8. The third-order valence-electron chi connectivity index (χ3n) is 5.30. The number of carbonyl (C=O) groups excluding carboxylic acids is 3. The van der Waals surface area contributed by atoms with E-state index in [2.05, 4.69) is 20.8 Å². The van der Waals surface area contributed by atoms with E-state index in [-0.39, 0.29) is 24.4 Å². The van der Waals surface area contributed by atoms with Crippen molar-refractivity contribution >= 4 is 28.8 Å². The molecule has 2 aromatic carbocycles. The van der Waals surface area contributed by atoms with Gasteiger partial charge in [-0.15, -0.1) is 0 Å². The van der Waals surface area contributed by atoms with Crippen LogP contribution in [0.3, 0.4) is 0 Å². The van der Waals surface area contributed by atoms with E-state index in [0.29, 0.717) is 17.5 Å². The predicted octanol–water partition coefficient (Wildman–Crippen LogP) is 3.06. The van der Waals surface area contributed by atoms with E-state index in [4.69, 9.17) is 4.74 Å². The maximum absolute atomic E-state index is 12.9. The lowest BCUT2D eigenvalue weighted by atomic mass is 10.1. The van der Waals surface area contributed by atoms with Crippen LogP contribution < -0.4 is 10.6 Å². The molecular formula is C24H27N5O4. The first-order valence-electron chi connectivity index (χ1n) is 10.8. The topological polar surface area (TPSA) is 116 Å². The normalized spacial score (nSPS) is 18.2. The fraction of sp³-hybridized carbons (Fsp3) is 0.333. The number of aromatic nitrogens is 2. The molecule has 3 amide bonds. The van der Waals surface area contributed by atoms with E-state index >= 15 is 0 Å². The molecule has 0 aliphatic carbocycles. The molecule has 9 heteroatoms. The second-order valence-electron chi connectivity index (χ2n) is 9.07. The monoisotopic (exact) mass is 449 g/mol. The summed E-state index contributed by atoms with van der Waals surface area (Å²) in [5, 5.41) is 13.6. The molecule has 1 aromatic heterocycles. The molecule has 0 saturated carbocycles. The minimum absolute atomic E-state index is 0.215. The largest absolute Gasteiger partial charge is 0.444 e. The SMILES string of the molecule is CC(C)(C)OC(=O)N1CC(NC(=O)c2ccc3cn[nH]c3c2)CC1NC(=O)c1ccccc1. The predicted molar refractivity (Wildman–Crippen MR) is 123 cm³/mol. The molecule has 3 aromatic rings. The van der Waals surface area contributed by atoms with Crippen molar-refractivity contribution in [2.75, 3.05) is 6.54 Å². The Morgan fingerprint density at radius 2 is 1.76 bits per heavy atom. The Kier molecular flexibility index (Phi) is 6.04. The highest BCUT2D eigenvalue weighted by atomic mass is 16.6. The molecule has 1 fully saturated rings. The van der Waals surface area contributed by atoms with Crippen LogP contribution in [0.25, 0.3) is 10.9 Å². The van der Waals surface area contributed by atoms with Crippen LogP contribution in [0.2, 0.25) is 0 Å². The Labute approximate surface area is 191 Å². The maximum atomic E-state index is 12.9. The van der Waals surface area contributed by atoms with Gasteiger partial charge in [0, 0.05) is 29.5 Å². The van der Waals surface area contributed by atoms with E-state index in [1.54, 1.807) is 63.4 Å². The number of aromatic amines is 1. The van der Waals surface area contributed by atoms with E-state index in [1.807, 2.05) is 12.1 Å². The molecule has 3 N–H and O–H groups in total. The maximum Gasteiger partial charge on any atom is 0.412 e.